The summed E-state index contributed by atoms with van der Waals surface area (Å²) in [5, 5.41) is 45.6. The fraction of sp³-hybridized carbons (Fsp3) is 0.0952. The molecule has 6 aromatic carbocycles. The van der Waals surface area contributed by atoms with Gasteiger partial charge in [0.25, 0.3) is 11.4 Å². The molecule has 6 aromatic rings. The molecule has 268 valence electrons. The predicted molar refractivity (Wildman–Crippen MR) is 196 cm³/mol. The summed E-state index contributed by atoms with van der Waals surface area (Å²) >= 11 is 0. The summed E-state index contributed by atoms with van der Waals surface area (Å²) in [6, 6.07) is 31.4. The first-order valence-electron chi connectivity index (χ1n) is 16.8. The summed E-state index contributed by atoms with van der Waals surface area (Å²) in [7, 11) is 0. The average molecular weight is 723 g/mol. The van der Waals surface area contributed by atoms with E-state index < -0.39 is 21.8 Å². The maximum Gasteiger partial charge on any atom is 0.343 e. The number of carbonyl (C=O) groups is 2. The molecule has 7 rings (SSSR count). The minimum Gasteiger partial charge on any atom is -0.507 e. The van der Waals surface area contributed by atoms with Crippen molar-refractivity contribution in [2.75, 3.05) is 0 Å². The average Bonchev–Trinajstić information content (AvgIpc) is 3.16. The van der Waals surface area contributed by atoms with Gasteiger partial charge in [-0.1, -0.05) is 72.8 Å². The molecule has 0 spiro atoms. The number of nitro benzene ring substituents is 2. The predicted octanol–water partition coefficient (Wildman–Crippen LogP) is 8.03. The number of phenolic OH excluding ortho intramolecular Hbond substituents is 2. The van der Waals surface area contributed by atoms with Gasteiger partial charge in [0.2, 0.25) is 0 Å². The molecule has 0 saturated carbocycles. The number of non-ortho nitro benzene ring substituents is 2. The Morgan fingerprint density at radius 2 is 0.704 bits per heavy atom. The Morgan fingerprint density at radius 1 is 0.444 bits per heavy atom. The molecule has 0 saturated heterocycles. The van der Waals surface area contributed by atoms with E-state index in [0.29, 0.717) is 44.5 Å². The van der Waals surface area contributed by atoms with Crippen molar-refractivity contribution < 1.29 is 39.1 Å². The summed E-state index contributed by atoms with van der Waals surface area (Å²) in [5.41, 5.74) is 4.22. The highest BCUT2D eigenvalue weighted by Gasteiger charge is 2.23. The molecular formula is C42H30N2O10. The van der Waals surface area contributed by atoms with Crippen LogP contribution in [-0.4, -0.2) is 32.0 Å². The van der Waals surface area contributed by atoms with Crippen LogP contribution in [0.1, 0.15) is 65.2 Å². The van der Waals surface area contributed by atoms with Crippen LogP contribution >= 0.6 is 0 Å². The molecule has 12 heteroatoms. The molecule has 0 amide bonds. The largest absolute Gasteiger partial charge is 0.507 e. The second-order valence-corrected chi connectivity index (χ2v) is 12.8. The van der Waals surface area contributed by atoms with Gasteiger partial charge in [0.15, 0.2) is 0 Å². The van der Waals surface area contributed by atoms with E-state index in [1.54, 1.807) is 72.8 Å². The van der Waals surface area contributed by atoms with Gasteiger partial charge in [0, 0.05) is 49.9 Å². The van der Waals surface area contributed by atoms with Crippen molar-refractivity contribution in [2.45, 2.75) is 25.7 Å². The third-order valence-electron chi connectivity index (χ3n) is 9.30. The fourth-order valence-corrected chi connectivity index (χ4v) is 6.52. The van der Waals surface area contributed by atoms with Crippen molar-refractivity contribution in [3.05, 3.63) is 197 Å². The van der Waals surface area contributed by atoms with Crippen LogP contribution in [0.4, 0.5) is 11.4 Å². The van der Waals surface area contributed by atoms with Gasteiger partial charge < -0.3 is 19.7 Å². The van der Waals surface area contributed by atoms with Crippen LogP contribution in [0.25, 0.3) is 0 Å². The maximum absolute atomic E-state index is 13.5. The molecule has 54 heavy (non-hydrogen) atoms. The molecule has 0 radical (unpaired) electrons. The zero-order valence-corrected chi connectivity index (χ0v) is 28.4. The van der Waals surface area contributed by atoms with E-state index >= 15 is 0 Å². The number of rotatable bonds is 6. The molecule has 0 atom stereocenters. The third kappa shape index (κ3) is 7.21. The molecule has 1 aliphatic carbocycles. The minimum atomic E-state index is -0.738. The van der Waals surface area contributed by atoms with Crippen molar-refractivity contribution in [3.63, 3.8) is 0 Å². The first kappa shape index (κ1) is 35.1. The lowest BCUT2D eigenvalue weighted by molar-refractivity contribution is -0.385. The Balaban J connectivity index is 1.32. The van der Waals surface area contributed by atoms with E-state index in [1.807, 2.05) is 0 Å². The van der Waals surface area contributed by atoms with E-state index in [-0.39, 0.29) is 71.2 Å². The number of ether oxygens (including phenoxy) is 2. The Labute approximate surface area is 307 Å². The van der Waals surface area contributed by atoms with Gasteiger partial charge in [-0.05, 0) is 68.8 Å². The lowest BCUT2D eigenvalue weighted by atomic mass is 9.91. The van der Waals surface area contributed by atoms with Crippen LogP contribution in [-0.2, 0) is 25.7 Å². The van der Waals surface area contributed by atoms with Crippen molar-refractivity contribution in [1.82, 2.24) is 0 Å². The van der Waals surface area contributed by atoms with Crippen LogP contribution < -0.4 is 9.47 Å². The first-order valence-corrected chi connectivity index (χ1v) is 16.8. The number of phenols is 2. The van der Waals surface area contributed by atoms with Crippen LogP contribution in [0.5, 0.6) is 23.0 Å². The summed E-state index contributed by atoms with van der Waals surface area (Å²) < 4.78 is 12.0. The molecule has 8 bridgehead atoms. The number of hydrogen-bond donors (Lipinski definition) is 2. The number of hydrogen-bond acceptors (Lipinski definition) is 10. The Bertz CT molecular complexity index is 2200. The number of para-hydroxylation sites is 4. The summed E-state index contributed by atoms with van der Waals surface area (Å²) in [6.45, 7) is 0. The summed E-state index contributed by atoms with van der Waals surface area (Å²) in [4.78, 5) is 48.2. The maximum atomic E-state index is 13.5. The third-order valence-corrected chi connectivity index (χ3v) is 9.30. The van der Waals surface area contributed by atoms with Gasteiger partial charge >= 0.3 is 11.9 Å². The highest BCUT2D eigenvalue weighted by molar-refractivity contribution is 5.92. The molecule has 2 N–H and O–H groups in total. The van der Waals surface area contributed by atoms with Crippen LogP contribution in [0.3, 0.4) is 0 Å². The second kappa shape index (κ2) is 14.7. The van der Waals surface area contributed by atoms with E-state index in [0.717, 1.165) is 0 Å². The van der Waals surface area contributed by atoms with Crippen molar-refractivity contribution >= 4 is 23.3 Å². The number of carbonyl (C=O) groups excluding carboxylic acids is 2. The number of benzene rings is 6. The quantitative estimate of drug-likeness (QED) is 0.0738. The van der Waals surface area contributed by atoms with Crippen molar-refractivity contribution in [3.8, 4) is 23.0 Å². The molecule has 0 aromatic heterocycles. The molecule has 0 fully saturated rings. The van der Waals surface area contributed by atoms with Gasteiger partial charge in [-0.2, -0.15) is 0 Å². The number of nitro groups is 2. The van der Waals surface area contributed by atoms with Crippen molar-refractivity contribution in [2.24, 2.45) is 0 Å². The zero-order valence-electron chi connectivity index (χ0n) is 28.4. The van der Waals surface area contributed by atoms with Crippen LogP contribution in [0.15, 0.2) is 121 Å². The summed E-state index contributed by atoms with van der Waals surface area (Å²) in [5.74, 6) is -1.04. The monoisotopic (exact) mass is 722 g/mol. The number of nitrogens with zero attached hydrogens (tertiary/aromatic N) is 2. The lowest BCUT2D eigenvalue weighted by Gasteiger charge is -2.19. The first-order chi connectivity index (χ1) is 26.0. The highest BCUT2D eigenvalue weighted by atomic mass is 16.6. The van der Waals surface area contributed by atoms with Gasteiger partial charge in [0.1, 0.15) is 23.0 Å². The Morgan fingerprint density at radius 3 is 0.963 bits per heavy atom. The molecule has 0 heterocycles. The van der Waals surface area contributed by atoms with Gasteiger partial charge in [-0.15, -0.1) is 0 Å². The fourth-order valence-electron chi connectivity index (χ4n) is 6.52. The second-order valence-electron chi connectivity index (χ2n) is 12.8. The van der Waals surface area contributed by atoms with Gasteiger partial charge in [-0.25, -0.2) is 9.59 Å². The van der Waals surface area contributed by atoms with E-state index in [1.165, 1.54) is 48.5 Å². The Kier molecular flexibility index (Phi) is 9.56. The normalized spacial score (nSPS) is 12.0. The zero-order chi connectivity index (χ0) is 37.9. The molecule has 1 aliphatic rings. The molecular weight excluding hydrogens is 692 g/mol. The van der Waals surface area contributed by atoms with Gasteiger partial charge in [0.05, 0.1) is 21.0 Å². The standard InChI is InChI=1S/C42H30N2O10/c45-37-27-5-1-6-28(37)22-32-10-4-12-34(40(32)54-42(48)26-15-19-36(20-16-26)44(51)52)24-30-8-2-7-29(38(30)46)23-33-11-3-9-31(21-27)39(33)53-41(47)25-13-17-35(18-14-25)43(49)50/h1-20,45-46H,21-24H2. The topological polar surface area (TPSA) is 179 Å². The molecule has 0 aliphatic heterocycles. The number of aromatic hydroxyl groups is 2. The number of fused-ring (bicyclic) bond motifs is 8. The van der Waals surface area contributed by atoms with E-state index in [4.69, 9.17) is 9.47 Å². The SMILES string of the molecule is O=C(Oc1c2cccc1Cc1cccc(c1O)Cc1cccc(c1OC(=O)c1ccc([N+](=O)[O-])cc1)Cc1cccc(c1O)C2)c1ccc([N+](=O)[O-])cc1. The van der Waals surface area contributed by atoms with Crippen LogP contribution in [0, 0.1) is 20.2 Å². The molecule has 12 nitrogen and oxygen atoms in total. The number of esters is 2. The summed E-state index contributed by atoms with van der Waals surface area (Å²) in [6.07, 6.45) is 0.573. The van der Waals surface area contributed by atoms with E-state index in [2.05, 4.69) is 0 Å². The molecule has 0 unspecified atom stereocenters. The minimum absolute atomic E-state index is 0.0106. The highest BCUT2D eigenvalue weighted by Crippen LogP contribution is 2.38. The lowest BCUT2D eigenvalue weighted by Crippen LogP contribution is -2.13. The van der Waals surface area contributed by atoms with E-state index in [9.17, 15) is 40.0 Å². The Hall–Kier alpha value is -7.34. The van der Waals surface area contributed by atoms with Gasteiger partial charge in [-0.3, -0.25) is 20.2 Å². The van der Waals surface area contributed by atoms with Crippen molar-refractivity contribution in [1.29, 1.82) is 0 Å². The van der Waals surface area contributed by atoms with Crippen LogP contribution in [0.2, 0.25) is 0 Å². The smallest absolute Gasteiger partial charge is 0.343 e.